The molecule has 1 amide bonds. The number of likely N-dealkylation sites (N-methyl/N-ethyl adjacent to an activating group) is 1. The molecular weight excluding hydrogens is 332 g/mol. The zero-order valence-corrected chi connectivity index (χ0v) is 16.1. The predicted molar refractivity (Wildman–Crippen MR) is 100 cm³/mol. The molecule has 1 aromatic carbocycles. The molecule has 144 valence electrons. The van der Waals surface area contributed by atoms with Gasteiger partial charge in [0.15, 0.2) is 0 Å². The van der Waals surface area contributed by atoms with Gasteiger partial charge in [-0.3, -0.25) is 14.5 Å². The molecule has 0 aromatic heterocycles. The fourth-order valence-corrected chi connectivity index (χ4v) is 3.45. The summed E-state index contributed by atoms with van der Waals surface area (Å²) in [6.07, 6.45) is 2.44. The van der Waals surface area contributed by atoms with E-state index in [0.717, 1.165) is 25.9 Å². The minimum Gasteiger partial charge on any atom is -0.497 e. The monoisotopic (exact) mass is 362 g/mol. The third-order valence-corrected chi connectivity index (χ3v) is 4.83. The average Bonchev–Trinajstić information content (AvgIpc) is 3.12. The van der Waals surface area contributed by atoms with E-state index >= 15 is 0 Å². The number of esters is 1. The van der Waals surface area contributed by atoms with E-state index < -0.39 is 0 Å². The van der Waals surface area contributed by atoms with Crippen LogP contribution in [-0.4, -0.2) is 67.6 Å². The summed E-state index contributed by atoms with van der Waals surface area (Å²) >= 11 is 0. The van der Waals surface area contributed by atoms with Crippen LogP contribution in [0.3, 0.4) is 0 Å². The largest absolute Gasteiger partial charge is 0.497 e. The van der Waals surface area contributed by atoms with Crippen LogP contribution in [0.15, 0.2) is 24.3 Å². The standard InChI is InChI=1S/C20H30N2O4/c1-4-21-12-7-9-17(21)15-22(13-11-19(23)26-5-2)20(24)16-8-6-10-18(14-16)25-3/h6,8,10,14,17H,4-5,7,9,11-13,15H2,1-3H3. The predicted octanol–water partition coefficient (Wildman–Crippen LogP) is 2.57. The Balaban J connectivity index is 2.12. The van der Waals surface area contributed by atoms with Crippen LogP contribution in [0.5, 0.6) is 5.75 Å². The number of likely N-dealkylation sites (tertiary alicyclic amines) is 1. The number of methoxy groups -OCH3 is 1. The summed E-state index contributed by atoms with van der Waals surface area (Å²) in [5.74, 6) is 0.308. The first-order chi connectivity index (χ1) is 12.6. The molecule has 1 aliphatic rings. The summed E-state index contributed by atoms with van der Waals surface area (Å²) < 4.78 is 10.2. The Morgan fingerprint density at radius 3 is 2.81 bits per heavy atom. The Morgan fingerprint density at radius 1 is 1.31 bits per heavy atom. The molecule has 1 fully saturated rings. The quantitative estimate of drug-likeness (QED) is 0.632. The zero-order chi connectivity index (χ0) is 18.9. The van der Waals surface area contributed by atoms with Gasteiger partial charge in [0.25, 0.3) is 5.91 Å². The molecule has 6 heteroatoms. The first-order valence-corrected chi connectivity index (χ1v) is 9.42. The van der Waals surface area contributed by atoms with E-state index in [1.165, 1.54) is 0 Å². The van der Waals surface area contributed by atoms with E-state index in [2.05, 4.69) is 11.8 Å². The molecule has 1 atom stereocenters. The van der Waals surface area contributed by atoms with E-state index in [9.17, 15) is 9.59 Å². The third kappa shape index (κ3) is 5.46. The molecule has 0 radical (unpaired) electrons. The molecule has 0 aliphatic carbocycles. The maximum Gasteiger partial charge on any atom is 0.307 e. The maximum atomic E-state index is 13.1. The Hall–Kier alpha value is -2.08. The topological polar surface area (TPSA) is 59.1 Å². The molecule has 1 saturated heterocycles. The van der Waals surface area contributed by atoms with Gasteiger partial charge < -0.3 is 14.4 Å². The SMILES string of the molecule is CCOC(=O)CCN(CC1CCCN1CC)C(=O)c1cccc(OC)c1. The highest BCUT2D eigenvalue weighted by Crippen LogP contribution is 2.20. The Bertz CT molecular complexity index is 605. The summed E-state index contributed by atoms with van der Waals surface area (Å²) in [5.41, 5.74) is 0.578. The summed E-state index contributed by atoms with van der Waals surface area (Å²) in [4.78, 5) is 29.0. The van der Waals surface area contributed by atoms with E-state index in [-0.39, 0.29) is 18.3 Å². The summed E-state index contributed by atoms with van der Waals surface area (Å²) in [6, 6.07) is 7.50. The van der Waals surface area contributed by atoms with Crippen molar-refractivity contribution in [1.29, 1.82) is 0 Å². The Morgan fingerprint density at radius 2 is 2.12 bits per heavy atom. The van der Waals surface area contributed by atoms with Gasteiger partial charge in [-0.25, -0.2) is 0 Å². The fraction of sp³-hybridized carbons (Fsp3) is 0.600. The van der Waals surface area contributed by atoms with Gasteiger partial charge in [0, 0.05) is 24.7 Å². The molecule has 1 unspecified atom stereocenters. The molecule has 0 N–H and O–H groups in total. The normalized spacial score (nSPS) is 17.1. The first-order valence-electron chi connectivity index (χ1n) is 9.42. The van der Waals surface area contributed by atoms with Crippen molar-refractivity contribution in [3.05, 3.63) is 29.8 Å². The van der Waals surface area contributed by atoms with Crippen molar-refractivity contribution < 1.29 is 19.1 Å². The van der Waals surface area contributed by atoms with Crippen molar-refractivity contribution in [3.63, 3.8) is 0 Å². The first kappa shape index (κ1) is 20.2. The fourth-order valence-electron chi connectivity index (χ4n) is 3.45. The smallest absolute Gasteiger partial charge is 0.307 e. The van der Waals surface area contributed by atoms with Gasteiger partial charge in [-0.2, -0.15) is 0 Å². The van der Waals surface area contributed by atoms with Crippen molar-refractivity contribution >= 4 is 11.9 Å². The maximum absolute atomic E-state index is 13.1. The van der Waals surface area contributed by atoms with E-state index in [4.69, 9.17) is 9.47 Å². The molecular formula is C20H30N2O4. The van der Waals surface area contributed by atoms with Crippen LogP contribution in [0, 0.1) is 0 Å². The molecule has 1 aromatic rings. The van der Waals surface area contributed by atoms with Crippen LogP contribution in [-0.2, 0) is 9.53 Å². The average molecular weight is 362 g/mol. The van der Waals surface area contributed by atoms with Gasteiger partial charge in [-0.05, 0) is 51.1 Å². The number of benzene rings is 1. The molecule has 6 nitrogen and oxygen atoms in total. The summed E-state index contributed by atoms with van der Waals surface area (Å²) in [6.45, 7) is 7.32. The Kier molecular flexibility index (Phi) is 7.91. The lowest BCUT2D eigenvalue weighted by Gasteiger charge is -2.30. The van der Waals surface area contributed by atoms with Crippen molar-refractivity contribution in [2.45, 2.75) is 39.2 Å². The van der Waals surface area contributed by atoms with Gasteiger partial charge in [-0.1, -0.05) is 13.0 Å². The molecule has 1 heterocycles. The van der Waals surface area contributed by atoms with Gasteiger partial charge in [0.1, 0.15) is 5.75 Å². The van der Waals surface area contributed by atoms with Gasteiger partial charge >= 0.3 is 5.97 Å². The van der Waals surface area contributed by atoms with E-state index in [1.807, 2.05) is 12.1 Å². The molecule has 0 bridgehead atoms. The molecule has 26 heavy (non-hydrogen) atoms. The highest BCUT2D eigenvalue weighted by molar-refractivity contribution is 5.94. The highest BCUT2D eigenvalue weighted by Gasteiger charge is 2.28. The van der Waals surface area contributed by atoms with Crippen LogP contribution >= 0.6 is 0 Å². The van der Waals surface area contributed by atoms with Crippen molar-refractivity contribution in [2.24, 2.45) is 0 Å². The van der Waals surface area contributed by atoms with E-state index in [0.29, 0.717) is 37.1 Å². The van der Waals surface area contributed by atoms with Crippen LogP contribution < -0.4 is 4.74 Å². The van der Waals surface area contributed by atoms with Gasteiger partial charge in [0.05, 0.1) is 20.1 Å². The van der Waals surface area contributed by atoms with Crippen LogP contribution in [0.25, 0.3) is 0 Å². The highest BCUT2D eigenvalue weighted by atomic mass is 16.5. The minimum absolute atomic E-state index is 0.0730. The van der Waals surface area contributed by atoms with E-state index in [1.54, 1.807) is 31.1 Å². The third-order valence-electron chi connectivity index (χ3n) is 4.83. The number of carbonyl (C=O) groups excluding carboxylic acids is 2. The molecule has 0 saturated carbocycles. The number of rotatable bonds is 9. The number of hydrogen-bond donors (Lipinski definition) is 0. The van der Waals surface area contributed by atoms with Crippen LogP contribution in [0.2, 0.25) is 0 Å². The lowest BCUT2D eigenvalue weighted by Crippen LogP contribution is -2.44. The molecule has 0 spiro atoms. The van der Waals surface area contributed by atoms with Gasteiger partial charge in [-0.15, -0.1) is 0 Å². The second kappa shape index (κ2) is 10.2. The summed E-state index contributed by atoms with van der Waals surface area (Å²) in [7, 11) is 1.58. The van der Waals surface area contributed by atoms with Crippen LogP contribution in [0.1, 0.15) is 43.5 Å². The lowest BCUT2D eigenvalue weighted by molar-refractivity contribution is -0.143. The number of ether oxygens (including phenoxy) is 2. The lowest BCUT2D eigenvalue weighted by atomic mass is 10.1. The second-order valence-electron chi connectivity index (χ2n) is 6.46. The molecule has 1 aliphatic heterocycles. The second-order valence-corrected chi connectivity index (χ2v) is 6.46. The Labute approximate surface area is 156 Å². The molecule has 2 rings (SSSR count). The number of nitrogens with zero attached hydrogens (tertiary/aromatic N) is 2. The number of hydrogen-bond acceptors (Lipinski definition) is 5. The minimum atomic E-state index is -0.269. The van der Waals surface area contributed by atoms with Crippen molar-refractivity contribution in [3.8, 4) is 5.75 Å². The zero-order valence-electron chi connectivity index (χ0n) is 16.1. The number of carbonyl (C=O) groups is 2. The summed E-state index contributed by atoms with van der Waals surface area (Å²) in [5, 5.41) is 0. The van der Waals surface area contributed by atoms with Crippen LogP contribution in [0.4, 0.5) is 0 Å². The van der Waals surface area contributed by atoms with Gasteiger partial charge in [0.2, 0.25) is 0 Å². The number of amides is 1. The van der Waals surface area contributed by atoms with Crippen molar-refractivity contribution in [2.75, 3.05) is 39.9 Å². The van der Waals surface area contributed by atoms with Crippen molar-refractivity contribution in [1.82, 2.24) is 9.80 Å².